The van der Waals surface area contributed by atoms with Crippen LogP contribution in [0.5, 0.6) is 0 Å². The largest absolute Gasteiger partial charge is 0.480 e. The molecule has 0 fully saturated rings. The summed E-state index contributed by atoms with van der Waals surface area (Å²) in [5.74, 6) is -1.29. The van der Waals surface area contributed by atoms with Gasteiger partial charge in [-0.15, -0.1) is 11.3 Å². The molecule has 1 amide bonds. The van der Waals surface area contributed by atoms with Crippen molar-refractivity contribution >= 4 is 33.3 Å². The SMILES string of the molecule is COCCN(CC(=O)O)C(=O)c1sc2ccccc2c1C. The van der Waals surface area contributed by atoms with Crippen LogP contribution in [-0.4, -0.2) is 48.7 Å². The zero-order chi connectivity index (χ0) is 15.4. The molecule has 6 heteroatoms. The van der Waals surface area contributed by atoms with E-state index in [2.05, 4.69) is 0 Å². The van der Waals surface area contributed by atoms with Gasteiger partial charge in [-0.1, -0.05) is 18.2 Å². The summed E-state index contributed by atoms with van der Waals surface area (Å²) in [5, 5.41) is 9.99. The Morgan fingerprint density at radius 1 is 1.33 bits per heavy atom. The van der Waals surface area contributed by atoms with Crippen LogP contribution in [0.15, 0.2) is 24.3 Å². The number of hydrogen-bond donors (Lipinski definition) is 1. The minimum atomic E-state index is -1.03. The van der Waals surface area contributed by atoms with Gasteiger partial charge in [0.1, 0.15) is 6.54 Å². The number of hydrogen-bond acceptors (Lipinski definition) is 4. The molecule has 0 unspecified atom stereocenters. The molecule has 0 saturated heterocycles. The standard InChI is InChI=1S/C15H17NO4S/c1-10-11-5-3-4-6-12(11)21-14(10)15(19)16(7-8-20-2)9-13(17)18/h3-6H,7-9H2,1-2H3,(H,17,18). The van der Waals surface area contributed by atoms with E-state index in [0.717, 1.165) is 15.6 Å². The monoisotopic (exact) mass is 307 g/mol. The van der Waals surface area contributed by atoms with Gasteiger partial charge < -0.3 is 14.7 Å². The van der Waals surface area contributed by atoms with Gasteiger partial charge in [0.25, 0.3) is 5.91 Å². The second-order valence-electron chi connectivity index (χ2n) is 4.67. The summed E-state index contributed by atoms with van der Waals surface area (Å²) in [7, 11) is 1.52. The van der Waals surface area contributed by atoms with Crippen LogP contribution in [0.1, 0.15) is 15.2 Å². The van der Waals surface area contributed by atoms with Crippen molar-refractivity contribution in [1.29, 1.82) is 0 Å². The van der Waals surface area contributed by atoms with Gasteiger partial charge in [-0.2, -0.15) is 0 Å². The Hall–Kier alpha value is -1.92. The lowest BCUT2D eigenvalue weighted by atomic mass is 10.1. The van der Waals surface area contributed by atoms with E-state index in [-0.39, 0.29) is 19.0 Å². The first-order valence-corrected chi connectivity index (χ1v) is 7.34. The molecule has 112 valence electrons. The highest BCUT2D eigenvalue weighted by Gasteiger charge is 2.22. The number of thiophene rings is 1. The molecule has 0 radical (unpaired) electrons. The van der Waals surface area contributed by atoms with E-state index >= 15 is 0 Å². The molecule has 2 aromatic rings. The van der Waals surface area contributed by atoms with Gasteiger partial charge in [-0.05, 0) is 23.9 Å². The molecule has 5 nitrogen and oxygen atoms in total. The number of aryl methyl sites for hydroxylation is 1. The molecule has 1 aromatic heterocycles. The first-order chi connectivity index (χ1) is 10.0. The van der Waals surface area contributed by atoms with E-state index in [9.17, 15) is 9.59 Å². The second-order valence-corrected chi connectivity index (χ2v) is 5.72. The zero-order valence-electron chi connectivity index (χ0n) is 12.0. The van der Waals surface area contributed by atoms with E-state index in [4.69, 9.17) is 9.84 Å². The van der Waals surface area contributed by atoms with Crippen molar-refractivity contribution in [2.45, 2.75) is 6.92 Å². The predicted molar refractivity (Wildman–Crippen MR) is 82.0 cm³/mol. The number of amides is 1. The Labute approximate surface area is 126 Å². The van der Waals surface area contributed by atoms with Gasteiger partial charge in [-0.25, -0.2) is 0 Å². The fourth-order valence-electron chi connectivity index (χ4n) is 2.14. The number of nitrogens with zero attached hydrogens (tertiary/aromatic N) is 1. The molecule has 0 aliphatic rings. The van der Waals surface area contributed by atoms with Crippen LogP contribution >= 0.6 is 11.3 Å². The lowest BCUT2D eigenvalue weighted by molar-refractivity contribution is -0.137. The van der Waals surface area contributed by atoms with Gasteiger partial charge in [0, 0.05) is 18.4 Å². The van der Waals surface area contributed by atoms with Crippen molar-refractivity contribution in [3.05, 3.63) is 34.7 Å². The average molecular weight is 307 g/mol. The summed E-state index contributed by atoms with van der Waals surface area (Å²) in [6.45, 7) is 2.13. The molecule has 0 saturated carbocycles. The van der Waals surface area contributed by atoms with Gasteiger partial charge in [0.2, 0.25) is 0 Å². The van der Waals surface area contributed by atoms with E-state index in [0.29, 0.717) is 11.5 Å². The van der Waals surface area contributed by atoms with Crippen molar-refractivity contribution in [3.63, 3.8) is 0 Å². The number of rotatable bonds is 6. The maximum atomic E-state index is 12.6. The maximum absolute atomic E-state index is 12.6. The minimum Gasteiger partial charge on any atom is -0.480 e. The van der Waals surface area contributed by atoms with E-state index in [1.165, 1.54) is 23.3 Å². The Kier molecular flexibility index (Phi) is 4.93. The quantitative estimate of drug-likeness (QED) is 0.890. The molecule has 2 rings (SSSR count). The van der Waals surface area contributed by atoms with Crippen LogP contribution in [0.3, 0.4) is 0 Å². The number of benzene rings is 1. The van der Waals surface area contributed by atoms with Gasteiger partial charge >= 0.3 is 5.97 Å². The Bertz CT molecular complexity index is 665. The number of fused-ring (bicyclic) bond motifs is 1. The van der Waals surface area contributed by atoms with Crippen molar-refractivity contribution in [2.24, 2.45) is 0 Å². The van der Waals surface area contributed by atoms with Crippen LogP contribution in [0.25, 0.3) is 10.1 Å². The second kappa shape index (κ2) is 6.69. The Morgan fingerprint density at radius 3 is 2.67 bits per heavy atom. The molecule has 0 aliphatic carbocycles. The highest BCUT2D eigenvalue weighted by atomic mass is 32.1. The fourth-order valence-corrected chi connectivity index (χ4v) is 3.32. The normalized spacial score (nSPS) is 10.8. The molecule has 0 spiro atoms. The molecule has 1 N–H and O–H groups in total. The van der Waals surface area contributed by atoms with E-state index < -0.39 is 5.97 Å². The van der Waals surface area contributed by atoms with Crippen LogP contribution in [0.2, 0.25) is 0 Å². The molecule has 0 aliphatic heterocycles. The zero-order valence-corrected chi connectivity index (χ0v) is 12.8. The van der Waals surface area contributed by atoms with Crippen LogP contribution in [0, 0.1) is 6.92 Å². The predicted octanol–water partition coefficient (Wildman–Crippen LogP) is 2.38. The molecule has 0 bridgehead atoms. The number of ether oxygens (including phenoxy) is 1. The van der Waals surface area contributed by atoms with E-state index in [1.54, 1.807) is 0 Å². The minimum absolute atomic E-state index is 0.256. The van der Waals surface area contributed by atoms with Crippen molar-refractivity contribution < 1.29 is 19.4 Å². The Balaban J connectivity index is 2.33. The summed E-state index contributed by atoms with van der Waals surface area (Å²) in [6.07, 6.45) is 0. The number of methoxy groups -OCH3 is 1. The van der Waals surface area contributed by atoms with Crippen LogP contribution in [-0.2, 0) is 9.53 Å². The summed E-state index contributed by atoms with van der Waals surface area (Å²) in [4.78, 5) is 25.4. The third kappa shape index (κ3) is 3.40. The smallest absolute Gasteiger partial charge is 0.323 e. The number of carbonyl (C=O) groups is 2. The van der Waals surface area contributed by atoms with Gasteiger partial charge in [0.05, 0.1) is 11.5 Å². The van der Waals surface area contributed by atoms with Gasteiger partial charge in [-0.3, -0.25) is 9.59 Å². The first kappa shape index (κ1) is 15.5. The maximum Gasteiger partial charge on any atom is 0.323 e. The molecule has 1 aromatic carbocycles. The summed E-state index contributed by atoms with van der Waals surface area (Å²) >= 11 is 1.40. The van der Waals surface area contributed by atoms with Crippen molar-refractivity contribution in [1.82, 2.24) is 4.90 Å². The highest BCUT2D eigenvalue weighted by molar-refractivity contribution is 7.21. The first-order valence-electron chi connectivity index (χ1n) is 6.52. The third-order valence-corrected chi connectivity index (χ3v) is 4.48. The highest BCUT2D eigenvalue weighted by Crippen LogP contribution is 2.31. The number of carboxylic acids is 1. The van der Waals surface area contributed by atoms with Crippen LogP contribution in [0.4, 0.5) is 0 Å². The lowest BCUT2D eigenvalue weighted by Gasteiger charge is -2.19. The number of aliphatic carboxylic acids is 1. The number of carboxylic acid groups (broad SMARTS) is 1. The lowest BCUT2D eigenvalue weighted by Crippen LogP contribution is -2.37. The van der Waals surface area contributed by atoms with Crippen molar-refractivity contribution in [3.8, 4) is 0 Å². The summed E-state index contributed by atoms with van der Waals surface area (Å²) < 4.78 is 5.97. The topological polar surface area (TPSA) is 66.8 Å². The summed E-state index contributed by atoms with van der Waals surface area (Å²) in [5.41, 5.74) is 0.897. The van der Waals surface area contributed by atoms with Gasteiger partial charge in [0.15, 0.2) is 0 Å². The Morgan fingerprint density at radius 2 is 2.05 bits per heavy atom. The average Bonchev–Trinajstić information content (AvgIpc) is 2.80. The molecular weight excluding hydrogens is 290 g/mol. The van der Waals surface area contributed by atoms with E-state index in [1.807, 2.05) is 31.2 Å². The number of carbonyl (C=O) groups excluding carboxylic acids is 1. The molecular formula is C15H17NO4S. The fraction of sp³-hybridized carbons (Fsp3) is 0.333. The van der Waals surface area contributed by atoms with Crippen molar-refractivity contribution in [2.75, 3.05) is 26.8 Å². The molecule has 0 atom stereocenters. The third-order valence-electron chi connectivity index (χ3n) is 3.22. The molecule has 1 heterocycles. The summed E-state index contributed by atoms with van der Waals surface area (Å²) in [6, 6.07) is 7.78. The van der Waals surface area contributed by atoms with Crippen LogP contribution < -0.4 is 0 Å². The molecule has 21 heavy (non-hydrogen) atoms.